The third-order valence-electron chi connectivity index (χ3n) is 7.10. The Morgan fingerprint density at radius 2 is 1.64 bits per heavy atom. The van der Waals surface area contributed by atoms with Gasteiger partial charge in [-0.05, 0) is 56.2 Å². The van der Waals surface area contributed by atoms with Crippen molar-refractivity contribution in [1.29, 1.82) is 0 Å². The first-order valence-corrected chi connectivity index (χ1v) is 11.0. The van der Waals surface area contributed by atoms with Crippen LogP contribution in [0.4, 0.5) is 0 Å². The van der Waals surface area contributed by atoms with Crippen molar-refractivity contribution in [2.45, 2.75) is 61.7 Å². The summed E-state index contributed by atoms with van der Waals surface area (Å²) in [5.41, 5.74) is 2.97. The molecule has 2 spiro atoms. The minimum atomic E-state index is 0.0488. The molecule has 28 heavy (non-hydrogen) atoms. The Kier molecular flexibility index (Phi) is 5.00. The van der Waals surface area contributed by atoms with Crippen molar-refractivity contribution < 1.29 is 4.74 Å². The summed E-state index contributed by atoms with van der Waals surface area (Å²) >= 11 is 0. The quantitative estimate of drug-likeness (QED) is 0.826. The molecule has 3 fully saturated rings. The second-order valence-corrected chi connectivity index (χ2v) is 9.08. The molecule has 2 atom stereocenters. The van der Waals surface area contributed by atoms with Gasteiger partial charge in [0.05, 0.1) is 11.2 Å². The predicted octanol–water partition coefficient (Wildman–Crippen LogP) is 4.05. The number of ether oxygens (including phenoxy) is 1. The van der Waals surface area contributed by atoms with Crippen LogP contribution in [0, 0.1) is 0 Å². The molecule has 2 N–H and O–H groups in total. The standard InChI is InChI=1S/C25H32N2O/c1-3-7-20(8-4-1)13-16-27-22-11-14-24(15-12-22)18-26-19-25(28-24)17-23(25)21-9-5-2-6-10-21/h1-10,22-23,26-27H,11-19H2. The summed E-state index contributed by atoms with van der Waals surface area (Å²) in [5.74, 6) is 0.570. The van der Waals surface area contributed by atoms with E-state index in [9.17, 15) is 0 Å². The van der Waals surface area contributed by atoms with Crippen molar-refractivity contribution in [3.05, 3.63) is 71.8 Å². The van der Waals surface area contributed by atoms with Gasteiger partial charge >= 0.3 is 0 Å². The summed E-state index contributed by atoms with van der Waals surface area (Å²) in [6.45, 7) is 3.10. The number of morpholine rings is 1. The van der Waals surface area contributed by atoms with Crippen LogP contribution in [0.2, 0.25) is 0 Å². The van der Waals surface area contributed by atoms with E-state index in [1.54, 1.807) is 0 Å². The van der Waals surface area contributed by atoms with E-state index in [1.807, 2.05) is 0 Å². The minimum absolute atomic E-state index is 0.0488. The van der Waals surface area contributed by atoms with Crippen LogP contribution < -0.4 is 10.6 Å². The molecule has 2 aromatic carbocycles. The largest absolute Gasteiger partial charge is 0.365 e. The minimum Gasteiger partial charge on any atom is -0.365 e. The van der Waals surface area contributed by atoms with Crippen LogP contribution in [-0.2, 0) is 11.2 Å². The Balaban J connectivity index is 1.13. The molecule has 1 aliphatic heterocycles. The average molecular weight is 377 g/mol. The Morgan fingerprint density at radius 3 is 2.39 bits per heavy atom. The van der Waals surface area contributed by atoms with Crippen molar-refractivity contribution in [3.63, 3.8) is 0 Å². The Hall–Kier alpha value is -1.68. The van der Waals surface area contributed by atoms with Gasteiger partial charge in [0, 0.05) is 25.0 Å². The van der Waals surface area contributed by atoms with Gasteiger partial charge in [0.1, 0.15) is 0 Å². The second kappa shape index (κ2) is 7.62. The van der Waals surface area contributed by atoms with Crippen LogP contribution in [0.25, 0.3) is 0 Å². The van der Waals surface area contributed by atoms with E-state index in [2.05, 4.69) is 71.3 Å². The lowest BCUT2D eigenvalue weighted by molar-refractivity contribution is -0.151. The molecule has 2 saturated carbocycles. The number of hydrogen-bond donors (Lipinski definition) is 2. The highest BCUT2D eigenvalue weighted by Gasteiger charge is 2.61. The van der Waals surface area contributed by atoms with E-state index in [-0.39, 0.29) is 11.2 Å². The van der Waals surface area contributed by atoms with E-state index in [0.717, 1.165) is 26.1 Å². The third kappa shape index (κ3) is 3.76. The first kappa shape index (κ1) is 18.4. The van der Waals surface area contributed by atoms with Gasteiger partial charge in [0.2, 0.25) is 0 Å². The SMILES string of the molecule is c1ccc(CCNC2CCC3(CC2)CNCC2(CC2c2ccccc2)O3)cc1. The lowest BCUT2D eigenvalue weighted by Crippen LogP contribution is -2.58. The van der Waals surface area contributed by atoms with Gasteiger partial charge in [-0.15, -0.1) is 0 Å². The van der Waals surface area contributed by atoms with Gasteiger partial charge in [-0.3, -0.25) is 0 Å². The Morgan fingerprint density at radius 1 is 0.929 bits per heavy atom. The molecule has 148 valence electrons. The molecule has 2 aliphatic carbocycles. The fourth-order valence-electron chi connectivity index (χ4n) is 5.40. The number of rotatable bonds is 5. The maximum Gasteiger partial charge on any atom is 0.0890 e. The topological polar surface area (TPSA) is 33.3 Å². The normalized spacial score (nSPS) is 34.6. The van der Waals surface area contributed by atoms with Crippen LogP contribution in [0.1, 0.15) is 49.1 Å². The maximum atomic E-state index is 6.91. The molecule has 1 heterocycles. The van der Waals surface area contributed by atoms with Crippen LogP contribution >= 0.6 is 0 Å². The zero-order valence-corrected chi connectivity index (χ0v) is 16.7. The summed E-state index contributed by atoms with van der Waals surface area (Å²) in [6.07, 6.45) is 7.08. The number of hydrogen-bond acceptors (Lipinski definition) is 3. The molecule has 0 amide bonds. The summed E-state index contributed by atoms with van der Waals surface area (Å²) in [4.78, 5) is 0. The van der Waals surface area contributed by atoms with Gasteiger partial charge < -0.3 is 15.4 Å². The van der Waals surface area contributed by atoms with Crippen LogP contribution in [-0.4, -0.2) is 36.9 Å². The molecule has 0 aromatic heterocycles. The zero-order chi connectivity index (χ0) is 18.9. The third-order valence-corrected chi connectivity index (χ3v) is 7.10. The van der Waals surface area contributed by atoms with Crippen molar-refractivity contribution in [2.24, 2.45) is 0 Å². The van der Waals surface area contributed by atoms with Gasteiger partial charge in [0.15, 0.2) is 0 Å². The van der Waals surface area contributed by atoms with E-state index >= 15 is 0 Å². The summed E-state index contributed by atoms with van der Waals surface area (Å²) in [5, 5.41) is 7.52. The lowest BCUT2D eigenvalue weighted by Gasteiger charge is -2.47. The molecule has 0 radical (unpaired) electrons. The smallest absolute Gasteiger partial charge is 0.0890 e. The highest BCUT2D eigenvalue weighted by atomic mass is 16.5. The summed E-state index contributed by atoms with van der Waals surface area (Å²) < 4.78 is 6.91. The highest BCUT2D eigenvalue weighted by molar-refractivity contribution is 5.33. The van der Waals surface area contributed by atoms with Crippen LogP contribution in [0.5, 0.6) is 0 Å². The highest BCUT2D eigenvalue weighted by Crippen LogP contribution is 2.58. The van der Waals surface area contributed by atoms with Gasteiger partial charge in [-0.2, -0.15) is 0 Å². The summed E-state index contributed by atoms with van der Waals surface area (Å²) in [7, 11) is 0. The Labute approximate surface area is 168 Å². The van der Waals surface area contributed by atoms with Gasteiger partial charge in [-0.25, -0.2) is 0 Å². The van der Waals surface area contributed by atoms with Gasteiger partial charge in [0.25, 0.3) is 0 Å². The fourth-order valence-corrected chi connectivity index (χ4v) is 5.40. The Bertz CT molecular complexity index is 770. The molecule has 3 heteroatoms. The van der Waals surface area contributed by atoms with Crippen molar-refractivity contribution in [2.75, 3.05) is 19.6 Å². The number of benzene rings is 2. The van der Waals surface area contributed by atoms with Crippen LogP contribution in [0.15, 0.2) is 60.7 Å². The molecule has 2 unspecified atom stereocenters. The van der Waals surface area contributed by atoms with E-state index in [4.69, 9.17) is 4.74 Å². The monoisotopic (exact) mass is 376 g/mol. The first-order chi connectivity index (χ1) is 13.8. The van der Waals surface area contributed by atoms with Crippen molar-refractivity contribution in [1.82, 2.24) is 10.6 Å². The average Bonchev–Trinajstić information content (AvgIpc) is 3.43. The van der Waals surface area contributed by atoms with Crippen LogP contribution in [0.3, 0.4) is 0 Å². The van der Waals surface area contributed by atoms with Crippen molar-refractivity contribution in [3.8, 4) is 0 Å². The molecule has 5 rings (SSSR count). The molecular weight excluding hydrogens is 344 g/mol. The molecule has 1 saturated heterocycles. The van der Waals surface area contributed by atoms with Gasteiger partial charge in [-0.1, -0.05) is 60.7 Å². The second-order valence-electron chi connectivity index (χ2n) is 9.08. The molecule has 2 aromatic rings. The fraction of sp³-hybridized carbons (Fsp3) is 0.520. The lowest BCUT2D eigenvalue weighted by atomic mass is 9.80. The molecule has 3 aliphatic rings. The molecule has 0 bridgehead atoms. The zero-order valence-electron chi connectivity index (χ0n) is 16.7. The summed E-state index contributed by atoms with van der Waals surface area (Å²) in [6, 6.07) is 22.4. The first-order valence-electron chi connectivity index (χ1n) is 11.0. The molecular formula is C25H32N2O. The maximum absolute atomic E-state index is 6.91. The van der Waals surface area contributed by atoms with Crippen molar-refractivity contribution >= 4 is 0 Å². The van der Waals surface area contributed by atoms with E-state index in [0.29, 0.717) is 12.0 Å². The van der Waals surface area contributed by atoms with E-state index < -0.39 is 0 Å². The predicted molar refractivity (Wildman–Crippen MR) is 114 cm³/mol. The molecule has 3 nitrogen and oxygen atoms in total. The van der Waals surface area contributed by atoms with E-state index in [1.165, 1.54) is 43.2 Å². The number of nitrogens with one attached hydrogen (secondary N) is 2.